The second kappa shape index (κ2) is 6.34. The molecular formula is C24H22Si. The molecule has 0 atom stereocenters. The van der Waals surface area contributed by atoms with Crippen molar-refractivity contribution in [3.63, 3.8) is 0 Å². The molecule has 1 heteroatoms. The molecule has 1 aliphatic rings. The summed E-state index contributed by atoms with van der Waals surface area (Å²) in [6, 6.07) is 31.2. The van der Waals surface area contributed by atoms with Crippen LogP contribution in [0.1, 0.15) is 19.4 Å². The van der Waals surface area contributed by atoms with E-state index in [1.165, 1.54) is 31.9 Å². The molecule has 25 heavy (non-hydrogen) atoms. The third kappa shape index (κ3) is 2.20. The Morgan fingerprint density at radius 1 is 0.600 bits per heavy atom. The molecule has 4 rings (SSSR count). The van der Waals surface area contributed by atoms with Gasteiger partial charge in [-0.15, -0.1) is 0 Å². The Labute approximate surface area is 151 Å². The Kier molecular flexibility index (Phi) is 4.02. The minimum absolute atomic E-state index is 1.40. The van der Waals surface area contributed by atoms with Crippen LogP contribution in [-0.4, -0.2) is 8.07 Å². The maximum atomic E-state index is 2.35. The molecule has 0 spiro atoms. The lowest BCUT2D eigenvalue weighted by Gasteiger charge is -2.31. The molecule has 0 saturated heterocycles. The third-order valence-electron chi connectivity index (χ3n) is 5.31. The van der Waals surface area contributed by atoms with E-state index in [4.69, 9.17) is 0 Å². The van der Waals surface area contributed by atoms with E-state index in [2.05, 4.69) is 111 Å². The maximum absolute atomic E-state index is 2.35. The summed E-state index contributed by atoms with van der Waals surface area (Å²) in [6.07, 6.45) is 4.64. The summed E-state index contributed by atoms with van der Waals surface area (Å²) in [4.78, 5) is 0. The predicted molar refractivity (Wildman–Crippen MR) is 111 cm³/mol. The van der Waals surface area contributed by atoms with Gasteiger partial charge in [-0.05, 0) is 45.7 Å². The van der Waals surface area contributed by atoms with Crippen molar-refractivity contribution in [2.24, 2.45) is 0 Å². The van der Waals surface area contributed by atoms with Gasteiger partial charge in [0.1, 0.15) is 0 Å². The van der Waals surface area contributed by atoms with Crippen molar-refractivity contribution in [1.29, 1.82) is 0 Å². The standard InChI is InChI=1S/C24H22Si/c1-3-21-22-17-11-12-18-24(22)25(23(21)4-2,19-13-7-5-8-14-19)20-15-9-6-10-16-20/h3-18H,1-2H3/b21-3-,23-4+. The van der Waals surface area contributed by atoms with Crippen LogP contribution in [0, 0.1) is 0 Å². The van der Waals surface area contributed by atoms with Crippen molar-refractivity contribution in [1.82, 2.24) is 0 Å². The molecule has 3 aromatic rings. The molecule has 0 unspecified atom stereocenters. The van der Waals surface area contributed by atoms with Crippen molar-refractivity contribution in [2.45, 2.75) is 13.8 Å². The molecule has 0 bridgehead atoms. The van der Waals surface area contributed by atoms with Crippen molar-refractivity contribution in [3.05, 3.63) is 108 Å². The molecule has 3 aromatic carbocycles. The summed E-state index contributed by atoms with van der Waals surface area (Å²) in [7, 11) is -2.23. The van der Waals surface area contributed by atoms with Crippen LogP contribution in [0.5, 0.6) is 0 Å². The Balaban J connectivity index is 2.18. The maximum Gasteiger partial charge on any atom is 0.180 e. The number of rotatable bonds is 2. The fourth-order valence-corrected chi connectivity index (χ4v) is 9.72. The Bertz CT molecular complexity index is 910. The van der Waals surface area contributed by atoms with E-state index in [1.807, 2.05) is 0 Å². The van der Waals surface area contributed by atoms with E-state index in [9.17, 15) is 0 Å². The van der Waals surface area contributed by atoms with Gasteiger partial charge in [-0.1, -0.05) is 97.1 Å². The summed E-state index contributed by atoms with van der Waals surface area (Å²) in [5.74, 6) is 0. The molecular weight excluding hydrogens is 316 g/mol. The van der Waals surface area contributed by atoms with Gasteiger partial charge in [-0.2, -0.15) is 0 Å². The number of allylic oxidation sites excluding steroid dienone is 4. The van der Waals surface area contributed by atoms with Gasteiger partial charge in [0.25, 0.3) is 0 Å². The highest BCUT2D eigenvalue weighted by atomic mass is 28.3. The highest BCUT2D eigenvalue weighted by molar-refractivity contribution is 7.19. The lowest BCUT2D eigenvalue weighted by Crippen LogP contribution is -2.66. The Morgan fingerprint density at radius 2 is 1.12 bits per heavy atom. The van der Waals surface area contributed by atoms with E-state index in [0.717, 1.165) is 0 Å². The van der Waals surface area contributed by atoms with Crippen LogP contribution in [0.2, 0.25) is 0 Å². The van der Waals surface area contributed by atoms with E-state index in [1.54, 1.807) is 0 Å². The van der Waals surface area contributed by atoms with Crippen LogP contribution in [0.3, 0.4) is 0 Å². The van der Waals surface area contributed by atoms with E-state index < -0.39 is 8.07 Å². The summed E-state index contributed by atoms with van der Waals surface area (Å²) in [5.41, 5.74) is 2.80. The first-order valence-electron chi connectivity index (χ1n) is 8.88. The number of hydrogen-bond donors (Lipinski definition) is 0. The predicted octanol–water partition coefficient (Wildman–Crippen LogP) is 4.06. The van der Waals surface area contributed by atoms with Crippen LogP contribution in [0.4, 0.5) is 0 Å². The van der Waals surface area contributed by atoms with Gasteiger partial charge in [0.15, 0.2) is 8.07 Å². The van der Waals surface area contributed by atoms with Gasteiger partial charge in [0.2, 0.25) is 0 Å². The Morgan fingerprint density at radius 3 is 1.64 bits per heavy atom. The number of benzene rings is 3. The number of fused-ring (bicyclic) bond motifs is 1. The fourth-order valence-electron chi connectivity index (χ4n) is 4.39. The molecule has 122 valence electrons. The van der Waals surface area contributed by atoms with Crippen LogP contribution < -0.4 is 15.6 Å². The van der Waals surface area contributed by atoms with Gasteiger partial charge in [0, 0.05) is 0 Å². The molecule has 0 amide bonds. The molecule has 0 nitrogen and oxygen atoms in total. The molecule has 0 aliphatic carbocycles. The van der Waals surface area contributed by atoms with Crippen LogP contribution in [0.15, 0.2) is 102 Å². The lowest BCUT2D eigenvalue weighted by molar-refractivity contribution is 1.62. The number of hydrogen-bond acceptors (Lipinski definition) is 0. The van der Waals surface area contributed by atoms with Crippen molar-refractivity contribution >= 4 is 29.2 Å². The zero-order chi connectivity index (χ0) is 17.3. The second-order valence-corrected chi connectivity index (χ2v) is 10.2. The fraction of sp³-hybridized carbons (Fsp3) is 0.0833. The average Bonchev–Trinajstić information content (AvgIpc) is 2.99. The summed E-state index contributed by atoms with van der Waals surface area (Å²) < 4.78 is 0. The van der Waals surface area contributed by atoms with Crippen LogP contribution >= 0.6 is 0 Å². The SMILES string of the molecule is C/C=C1\C(=C/C)[Si](c2ccccc2)(c2ccccc2)c2ccccc21. The van der Waals surface area contributed by atoms with Gasteiger partial charge in [-0.25, -0.2) is 0 Å². The van der Waals surface area contributed by atoms with Gasteiger partial charge in [-0.3, -0.25) is 0 Å². The summed E-state index contributed by atoms with van der Waals surface area (Å²) in [6.45, 7) is 4.36. The largest absolute Gasteiger partial charge is 0.180 e. The van der Waals surface area contributed by atoms with E-state index >= 15 is 0 Å². The second-order valence-electron chi connectivity index (χ2n) is 6.43. The minimum Gasteiger partial charge on any atom is -0.0867 e. The van der Waals surface area contributed by atoms with Gasteiger partial charge >= 0.3 is 0 Å². The normalized spacial score (nSPS) is 18.5. The Hall–Kier alpha value is -2.64. The van der Waals surface area contributed by atoms with Gasteiger partial charge < -0.3 is 0 Å². The highest BCUT2D eigenvalue weighted by Crippen LogP contribution is 2.37. The molecule has 0 saturated carbocycles. The summed E-state index contributed by atoms with van der Waals surface area (Å²) in [5, 5.41) is 5.93. The third-order valence-corrected chi connectivity index (χ3v) is 10.3. The van der Waals surface area contributed by atoms with Crippen molar-refractivity contribution in [2.75, 3.05) is 0 Å². The van der Waals surface area contributed by atoms with Crippen molar-refractivity contribution < 1.29 is 0 Å². The monoisotopic (exact) mass is 338 g/mol. The lowest BCUT2D eigenvalue weighted by atomic mass is 10.1. The van der Waals surface area contributed by atoms with Crippen molar-refractivity contribution in [3.8, 4) is 0 Å². The first-order valence-corrected chi connectivity index (χ1v) is 10.9. The van der Waals surface area contributed by atoms with Gasteiger partial charge in [0.05, 0.1) is 0 Å². The molecule has 1 aliphatic heterocycles. The molecule has 0 N–H and O–H groups in total. The highest BCUT2D eigenvalue weighted by Gasteiger charge is 2.49. The molecule has 0 radical (unpaired) electrons. The summed E-state index contributed by atoms with van der Waals surface area (Å²) >= 11 is 0. The molecule has 1 heterocycles. The average molecular weight is 339 g/mol. The molecule has 0 fully saturated rings. The van der Waals surface area contributed by atoms with E-state index in [0.29, 0.717) is 0 Å². The van der Waals surface area contributed by atoms with Crippen LogP contribution in [0.25, 0.3) is 5.57 Å². The van der Waals surface area contributed by atoms with E-state index in [-0.39, 0.29) is 0 Å². The molecule has 0 aromatic heterocycles. The zero-order valence-corrected chi connectivity index (χ0v) is 15.7. The zero-order valence-electron chi connectivity index (χ0n) is 14.7. The minimum atomic E-state index is -2.23. The smallest absolute Gasteiger partial charge is 0.0867 e. The first kappa shape index (κ1) is 15.9. The van der Waals surface area contributed by atoms with Crippen LogP contribution in [-0.2, 0) is 0 Å². The quantitative estimate of drug-likeness (QED) is 0.618. The topological polar surface area (TPSA) is 0 Å². The first-order chi connectivity index (χ1) is 12.3.